The van der Waals surface area contributed by atoms with Crippen LogP contribution in [0.3, 0.4) is 0 Å². The third kappa shape index (κ3) is 3.20. The minimum Gasteiger partial charge on any atom is -0.443 e. The second-order valence-electron chi connectivity index (χ2n) is 6.05. The molecular weight excluding hydrogens is 318 g/mol. The summed E-state index contributed by atoms with van der Waals surface area (Å²) >= 11 is 0. The van der Waals surface area contributed by atoms with Crippen LogP contribution in [0.2, 0.25) is 0 Å². The topological polar surface area (TPSA) is 77.1 Å². The van der Waals surface area contributed by atoms with Crippen LogP contribution in [-0.2, 0) is 11.3 Å². The number of hydrogen-bond donors (Lipinski definition) is 1. The minimum atomic E-state index is -0.609. The molecule has 0 spiro atoms. The van der Waals surface area contributed by atoms with E-state index in [9.17, 15) is 9.59 Å². The van der Waals surface area contributed by atoms with Crippen molar-refractivity contribution in [3.05, 3.63) is 63.9 Å². The third-order valence-corrected chi connectivity index (χ3v) is 4.45. The molecule has 2 aromatic heterocycles. The summed E-state index contributed by atoms with van der Waals surface area (Å²) in [6, 6.07) is 9.05. The maximum absolute atomic E-state index is 12.8. The molecule has 130 valence electrons. The van der Waals surface area contributed by atoms with Crippen LogP contribution < -0.4 is 10.9 Å². The minimum absolute atomic E-state index is 0.201. The van der Waals surface area contributed by atoms with Gasteiger partial charge in [-0.1, -0.05) is 37.3 Å². The first-order valence-corrected chi connectivity index (χ1v) is 8.31. The Kier molecular flexibility index (Phi) is 4.70. The quantitative estimate of drug-likeness (QED) is 0.775. The lowest BCUT2D eigenvalue weighted by atomic mass is 10.1. The number of nitrogens with one attached hydrogen (secondary N) is 1. The summed E-state index contributed by atoms with van der Waals surface area (Å²) in [4.78, 5) is 29.6. The van der Waals surface area contributed by atoms with Crippen LogP contribution >= 0.6 is 0 Å². The smallest absolute Gasteiger partial charge is 0.265 e. The van der Waals surface area contributed by atoms with E-state index in [1.54, 1.807) is 6.92 Å². The van der Waals surface area contributed by atoms with Crippen molar-refractivity contribution in [2.24, 2.45) is 0 Å². The molecule has 0 fully saturated rings. The van der Waals surface area contributed by atoms with E-state index >= 15 is 0 Å². The van der Waals surface area contributed by atoms with Gasteiger partial charge in [-0.2, -0.15) is 0 Å². The fourth-order valence-electron chi connectivity index (χ4n) is 2.88. The van der Waals surface area contributed by atoms with Gasteiger partial charge in [-0.05, 0) is 25.8 Å². The van der Waals surface area contributed by atoms with E-state index in [4.69, 9.17) is 4.42 Å². The highest BCUT2D eigenvalue weighted by Gasteiger charge is 2.22. The van der Waals surface area contributed by atoms with E-state index in [0.29, 0.717) is 29.8 Å². The molecule has 0 aliphatic rings. The first-order chi connectivity index (χ1) is 12.0. The van der Waals surface area contributed by atoms with Crippen molar-refractivity contribution in [2.75, 3.05) is 0 Å². The highest BCUT2D eigenvalue weighted by atomic mass is 16.3. The molecular formula is C19H21N3O3. The van der Waals surface area contributed by atoms with Crippen molar-refractivity contribution in [1.29, 1.82) is 0 Å². The zero-order valence-electron chi connectivity index (χ0n) is 14.6. The van der Waals surface area contributed by atoms with Gasteiger partial charge in [0.15, 0.2) is 0 Å². The van der Waals surface area contributed by atoms with Crippen molar-refractivity contribution in [3.8, 4) is 0 Å². The van der Waals surface area contributed by atoms with Gasteiger partial charge < -0.3 is 9.73 Å². The van der Waals surface area contributed by atoms with Crippen LogP contribution in [-0.4, -0.2) is 15.5 Å². The molecule has 1 atom stereocenters. The Labute approximate surface area is 145 Å². The maximum Gasteiger partial charge on any atom is 0.265 e. The molecule has 0 radical (unpaired) electrons. The number of benzene rings is 1. The number of carbonyl (C=O) groups excluding carboxylic acids is 1. The molecule has 6 heteroatoms. The van der Waals surface area contributed by atoms with Crippen LogP contribution in [0.15, 0.2) is 45.9 Å². The predicted octanol–water partition coefficient (Wildman–Crippen LogP) is 2.87. The molecule has 1 amide bonds. The van der Waals surface area contributed by atoms with Crippen LogP contribution in [0.25, 0.3) is 11.1 Å². The normalized spacial score (nSPS) is 12.3. The highest BCUT2D eigenvalue weighted by molar-refractivity contribution is 5.81. The van der Waals surface area contributed by atoms with E-state index in [1.165, 1.54) is 10.9 Å². The number of furan rings is 1. The monoisotopic (exact) mass is 339 g/mol. The van der Waals surface area contributed by atoms with Gasteiger partial charge in [0, 0.05) is 12.1 Å². The zero-order valence-corrected chi connectivity index (χ0v) is 14.6. The summed E-state index contributed by atoms with van der Waals surface area (Å²) in [5.41, 5.74) is 1.84. The van der Waals surface area contributed by atoms with Crippen molar-refractivity contribution < 1.29 is 9.21 Å². The molecule has 1 N–H and O–H groups in total. The summed E-state index contributed by atoms with van der Waals surface area (Å²) in [5, 5.41) is 3.33. The molecule has 1 unspecified atom stereocenters. The number of hydrogen-bond acceptors (Lipinski definition) is 4. The van der Waals surface area contributed by atoms with Crippen LogP contribution in [0, 0.1) is 13.8 Å². The highest BCUT2D eigenvalue weighted by Crippen LogP contribution is 2.20. The third-order valence-electron chi connectivity index (χ3n) is 4.45. The summed E-state index contributed by atoms with van der Waals surface area (Å²) in [6.07, 6.45) is 1.88. The number of aromatic nitrogens is 2. The Bertz CT molecular complexity index is 957. The molecule has 3 aromatic rings. The van der Waals surface area contributed by atoms with Gasteiger partial charge in [-0.15, -0.1) is 0 Å². The molecule has 25 heavy (non-hydrogen) atoms. The molecule has 3 rings (SSSR count). The average molecular weight is 339 g/mol. The number of rotatable bonds is 5. The lowest BCUT2D eigenvalue weighted by molar-refractivity contribution is -0.124. The fraction of sp³-hybridized carbons (Fsp3) is 0.316. The van der Waals surface area contributed by atoms with Crippen LogP contribution in [0.5, 0.6) is 0 Å². The van der Waals surface area contributed by atoms with E-state index < -0.39 is 6.04 Å². The van der Waals surface area contributed by atoms with Gasteiger partial charge in [-0.3, -0.25) is 14.2 Å². The van der Waals surface area contributed by atoms with Gasteiger partial charge in [0.05, 0.1) is 0 Å². The molecule has 0 saturated carbocycles. The summed E-state index contributed by atoms with van der Waals surface area (Å²) in [7, 11) is 0. The SMILES string of the molecule is CCC(C(=O)NCc1ccccc1)n1cnc2oc(C)c(C)c2c1=O. The molecule has 2 heterocycles. The molecule has 0 aliphatic carbocycles. The lowest BCUT2D eigenvalue weighted by Gasteiger charge is -2.17. The Morgan fingerprint density at radius 1 is 1.28 bits per heavy atom. The molecule has 0 aliphatic heterocycles. The van der Waals surface area contributed by atoms with Gasteiger partial charge in [0.25, 0.3) is 5.56 Å². The number of aryl methyl sites for hydroxylation is 2. The summed E-state index contributed by atoms with van der Waals surface area (Å²) in [5.74, 6) is 0.464. The lowest BCUT2D eigenvalue weighted by Crippen LogP contribution is -2.36. The second kappa shape index (κ2) is 6.93. The number of fused-ring (bicyclic) bond motifs is 1. The average Bonchev–Trinajstić information content (AvgIpc) is 2.91. The zero-order chi connectivity index (χ0) is 18.0. The van der Waals surface area contributed by atoms with E-state index in [2.05, 4.69) is 10.3 Å². The van der Waals surface area contributed by atoms with E-state index in [-0.39, 0.29) is 11.5 Å². The van der Waals surface area contributed by atoms with Gasteiger partial charge in [0.2, 0.25) is 11.6 Å². The number of carbonyl (C=O) groups is 1. The van der Waals surface area contributed by atoms with Crippen molar-refractivity contribution in [1.82, 2.24) is 14.9 Å². The molecule has 0 saturated heterocycles. The van der Waals surface area contributed by atoms with Crippen molar-refractivity contribution in [2.45, 2.75) is 39.8 Å². The number of nitrogens with zero attached hydrogens (tertiary/aromatic N) is 2. The summed E-state index contributed by atoms with van der Waals surface area (Å²) < 4.78 is 6.88. The molecule has 6 nitrogen and oxygen atoms in total. The Balaban J connectivity index is 1.89. The van der Waals surface area contributed by atoms with Crippen molar-refractivity contribution >= 4 is 17.0 Å². The Morgan fingerprint density at radius 3 is 2.68 bits per heavy atom. The van der Waals surface area contributed by atoms with E-state index in [0.717, 1.165) is 11.1 Å². The van der Waals surface area contributed by atoms with Crippen LogP contribution in [0.1, 0.15) is 36.3 Å². The predicted molar refractivity (Wildman–Crippen MR) is 95.4 cm³/mol. The number of amides is 1. The van der Waals surface area contributed by atoms with Crippen molar-refractivity contribution in [3.63, 3.8) is 0 Å². The maximum atomic E-state index is 12.8. The van der Waals surface area contributed by atoms with Gasteiger partial charge in [-0.25, -0.2) is 4.98 Å². The summed E-state index contributed by atoms with van der Waals surface area (Å²) in [6.45, 7) is 5.91. The first-order valence-electron chi connectivity index (χ1n) is 8.31. The molecule has 1 aromatic carbocycles. The first kappa shape index (κ1) is 17.0. The molecule has 0 bridgehead atoms. The Morgan fingerprint density at radius 2 is 2.00 bits per heavy atom. The Hall–Kier alpha value is -2.89. The fourth-order valence-corrected chi connectivity index (χ4v) is 2.88. The standard InChI is InChI=1S/C19H21N3O3/c1-4-15(17(23)20-10-14-8-6-5-7-9-14)22-11-21-18-16(19(22)24)12(2)13(3)25-18/h5-9,11,15H,4,10H2,1-3H3,(H,20,23). The van der Waals surface area contributed by atoms with Gasteiger partial charge in [0.1, 0.15) is 23.5 Å². The van der Waals surface area contributed by atoms with Gasteiger partial charge >= 0.3 is 0 Å². The second-order valence-corrected chi connectivity index (χ2v) is 6.05. The van der Waals surface area contributed by atoms with E-state index in [1.807, 2.05) is 44.2 Å². The van der Waals surface area contributed by atoms with Crippen LogP contribution in [0.4, 0.5) is 0 Å². The largest absolute Gasteiger partial charge is 0.443 e.